The number of aliphatic hydroxyl groups is 1. The van der Waals surface area contributed by atoms with Crippen LogP contribution in [0.2, 0.25) is 0 Å². The molecule has 1 unspecified atom stereocenters. The lowest BCUT2D eigenvalue weighted by atomic mass is 10.0. The topological polar surface area (TPSA) is 62.5 Å². The van der Waals surface area contributed by atoms with Gasteiger partial charge in [-0.05, 0) is 30.5 Å². The molecule has 0 spiro atoms. The van der Waals surface area contributed by atoms with Crippen LogP contribution in [0.4, 0.5) is 0 Å². The fourth-order valence-electron chi connectivity index (χ4n) is 1.58. The van der Waals surface area contributed by atoms with Gasteiger partial charge in [-0.25, -0.2) is 0 Å². The maximum atomic E-state index is 11.7. The largest absolute Gasteiger partial charge is 0.466 e. The van der Waals surface area contributed by atoms with E-state index in [0.717, 1.165) is 4.88 Å². The standard InChI is InChI=1S/C13H15NO3S/c1-13(16,11-5-2-6-17-11)9-14-12(15)8-10-4-3-7-18-10/h2-7,16H,8-9H2,1H3,(H,14,15). The van der Waals surface area contributed by atoms with E-state index in [-0.39, 0.29) is 12.5 Å². The van der Waals surface area contributed by atoms with Crippen molar-refractivity contribution < 1.29 is 14.3 Å². The summed E-state index contributed by atoms with van der Waals surface area (Å²) in [4.78, 5) is 12.7. The van der Waals surface area contributed by atoms with E-state index >= 15 is 0 Å². The van der Waals surface area contributed by atoms with Gasteiger partial charge in [0.25, 0.3) is 0 Å². The minimum Gasteiger partial charge on any atom is -0.466 e. The molecule has 2 rings (SSSR count). The highest BCUT2D eigenvalue weighted by molar-refractivity contribution is 7.10. The van der Waals surface area contributed by atoms with Crippen LogP contribution in [0.25, 0.3) is 0 Å². The Bertz CT molecular complexity index is 488. The zero-order valence-electron chi connectivity index (χ0n) is 10.1. The van der Waals surface area contributed by atoms with Crippen molar-refractivity contribution in [3.8, 4) is 0 Å². The molecule has 0 aromatic carbocycles. The van der Waals surface area contributed by atoms with Gasteiger partial charge in [0.2, 0.25) is 5.91 Å². The van der Waals surface area contributed by atoms with Gasteiger partial charge >= 0.3 is 0 Å². The fourth-order valence-corrected chi connectivity index (χ4v) is 2.28. The SMILES string of the molecule is CC(O)(CNC(=O)Cc1cccs1)c1ccco1. The number of carbonyl (C=O) groups is 1. The third-order valence-corrected chi connectivity index (χ3v) is 3.47. The van der Waals surface area contributed by atoms with Gasteiger partial charge in [0.1, 0.15) is 11.4 Å². The predicted octanol–water partition coefficient (Wildman–Crippen LogP) is 1.91. The van der Waals surface area contributed by atoms with E-state index in [1.54, 1.807) is 30.4 Å². The van der Waals surface area contributed by atoms with E-state index < -0.39 is 5.60 Å². The number of amides is 1. The molecule has 0 saturated carbocycles. The van der Waals surface area contributed by atoms with E-state index in [2.05, 4.69) is 5.32 Å². The second-order valence-electron chi connectivity index (χ2n) is 4.28. The monoisotopic (exact) mass is 265 g/mol. The highest BCUT2D eigenvalue weighted by atomic mass is 32.1. The Labute approximate surface area is 109 Å². The van der Waals surface area contributed by atoms with Crippen molar-refractivity contribution in [1.82, 2.24) is 5.32 Å². The zero-order chi connectivity index (χ0) is 13.0. The normalized spacial score (nSPS) is 14.1. The van der Waals surface area contributed by atoms with Gasteiger partial charge in [-0.3, -0.25) is 4.79 Å². The third kappa shape index (κ3) is 3.21. The zero-order valence-corrected chi connectivity index (χ0v) is 10.9. The molecule has 96 valence electrons. The van der Waals surface area contributed by atoms with Gasteiger partial charge in [0, 0.05) is 4.88 Å². The average molecular weight is 265 g/mol. The Morgan fingerprint density at radius 1 is 1.50 bits per heavy atom. The van der Waals surface area contributed by atoms with Crippen molar-refractivity contribution in [1.29, 1.82) is 0 Å². The molecule has 18 heavy (non-hydrogen) atoms. The minimum atomic E-state index is -1.19. The summed E-state index contributed by atoms with van der Waals surface area (Å²) in [6.45, 7) is 1.74. The fraction of sp³-hybridized carbons (Fsp3) is 0.308. The quantitative estimate of drug-likeness (QED) is 0.868. The lowest BCUT2D eigenvalue weighted by molar-refractivity contribution is -0.121. The van der Waals surface area contributed by atoms with Gasteiger partial charge in [0.05, 0.1) is 19.2 Å². The van der Waals surface area contributed by atoms with E-state index in [4.69, 9.17) is 4.42 Å². The van der Waals surface area contributed by atoms with Gasteiger partial charge in [0.15, 0.2) is 0 Å². The van der Waals surface area contributed by atoms with Crippen LogP contribution in [0, 0.1) is 0 Å². The molecule has 0 aliphatic rings. The number of hydrogen-bond donors (Lipinski definition) is 2. The summed E-state index contributed by atoms with van der Waals surface area (Å²) in [5.74, 6) is 0.336. The first-order chi connectivity index (χ1) is 8.58. The number of nitrogens with one attached hydrogen (secondary N) is 1. The summed E-state index contributed by atoms with van der Waals surface area (Å²) in [6.07, 6.45) is 1.84. The van der Waals surface area contributed by atoms with Crippen molar-refractivity contribution in [2.75, 3.05) is 6.54 Å². The molecule has 0 fully saturated rings. The molecule has 0 aliphatic heterocycles. The molecular weight excluding hydrogens is 250 g/mol. The smallest absolute Gasteiger partial charge is 0.225 e. The van der Waals surface area contributed by atoms with Gasteiger partial charge in [-0.1, -0.05) is 6.07 Å². The molecule has 1 atom stereocenters. The Hall–Kier alpha value is -1.59. The number of thiophene rings is 1. The molecule has 2 aromatic rings. The highest BCUT2D eigenvalue weighted by Crippen LogP contribution is 2.19. The summed E-state index contributed by atoms with van der Waals surface area (Å²) >= 11 is 1.54. The molecule has 2 aromatic heterocycles. The maximum Gasteiger partial charge on any atom is 0.225 e. The van der Waals surface area contributed by atoms with E-state index in [9.17, 15) is 9.90 Å². The number of rotatable bonds is 5. The Morgan fingerprint density at radius 2 is 2.33 bits per heavy atom. The van der Waals surface area contributed by atoms with Crippen LogP contribution in [-0.4, -0.2) is 17.6 Å². The lowest BCUT2D eigenvalue weighted by Gasteiger charge is -2.21. The minimum absolute atomic E-state index is 0.107. The van der Waals surface area contributed by atoms with Crippen LogP contribution >= 0.6 is 11.3 Å². The van der Waals surface area contributed by atoms with Crippen molar-refractivity contribution in [3.05, 3.63) is 46.5 Å². The Kier molecular flexibility index (Phi) is 3.84. The van der Waals surface area contributed by atoms with Crippen LogP contribution in [0.3, 0.4) is 0 Å². The predicted molar refractivity (Wildman–Crippen MR) is 69.3 cm³/mol. The molecule has 0 aliphatic carbocycles. The second-order valence-corrected chi connectivity index (χ2v) is 5.32. The van der Waals surface area contributed by atoms with Crippen LogP contribution in [0.5, 0.6) is 0 Å². The van der Waals surface area contributed by atoms with Crippen molar-refractivity contribution in [2.24, 2.45) is 0 Å². The molecule has 0 bridgehead atoms. The summed E-state index contributed by atoms with van der Waals surface area (Å²) in [5.41, 5.74) is -1.19. The van der Waals surface area contributed by atoms with Gasteiger partial charge in [-0.2, -0.15) is 0 Å². The summed E-state index contributed by atoms with van der Waals surface area (Å²) in [5, 5.41) is 14.8. The first-order valence-corrected chi connectivity index (χ1v) is 6.51. The van der Waals surface area contributed by atoms with E-state index in [1.165, 1.54) is 6.26 Å². The van der Waals surface area contributed by atoms with E-state index in [0.29, 0.717) is 12.2 Å². The van der Waals surface area contributed by atoms with Crippen molar-refractivity contribution >= 4 is 17.2 Å². The summed E-state index contributed by atoms with van der Waals surface area (Å²) in [7, 11) is 0. The first-order valence-electron chi connectivity index (χ1n) is 5.63. The molecule has 4 nitrogen and oxygen atoms in total. The van der Waals surface area contributed by atoms with Gasteiger partial charge < -0.3 is 14.8 Å². The third-order valence-electron chi connectivity index (χ3n) is 2.60. The molecule has 5 heteroatoms. The molecule has 2 heterocycles. The van der Waals surface area contributed by atoms with Crippen molar-refractivity contribution in [2.45, 2.75) is 18.9 Å². The number of furan rings is 1. The first kappa shape index (κ1) is 12.9. The molecular formula is C13H15NO3S. The van der Waals surface area contributed by atoms with E-state index in [1.807, 2.05) is 17.5 Å². The molecule has 0 radical (unpaired) electrons. The number of hydrogen-bond acceptors (Lipinski definition) is 4. The molecule has 2 N–H and O–H groups in total. The summed E-state index contributed by atoms with van der Waals surface area (Å²) < 4.78 is 5.14. The Balaban J connectivity index is 1.86. The van der Waals surface area contributed by atoms with Crippen LogP contribution < -0.4 is 5.32 Å². The van der Waals surface area contributed by atoms with Crippen LogP contribution in [0.1, 0.15) is 17.6 Å². The maximum absolute atomic E-state index is 11.7. The van der Waals surface area contributed by atoms with Crippen LogP contribution in [0.15, 0.2) is 40.3 Å². The Morgan fingerprint density at radius 3 is 2.94 bits per heavy atom. The molecule has 1 amide bonds. The molecule has 0 saturated heterocycles. The average Bonchev–Trinajstić information content (AvgIpc) is 2.99. The summed E-state index contributed by atoms with van der Waals surface area (Å²) in [6, 6.07) is 7.21. The van der Waals surface area contributed by atoms with Crippen LogP contribution in [-0.2, 0) is 16.8 Å². The lowest BCUT2D eigenvalue weighted by Crippen LogP contribution is -2.38. The van der Waals surface area contributed by atoms with Crippen molar-refractivity contribution in [3.63, 3.8) is 0 Å². The number of carbonyl (C=O) groups excluding carboxylic acids is 1. The van der Waals surface area contributed by atoms with Gasteiger partial charge in [-0.15, -0.1) is 11.3 Å². The second kappa shape index (κ2) is 5.37. The highest BCUT2D eigenvalue weighted by Gasteiger charge is 2.26.